The lowest BCUT2D eigenvalue weighted by molar-refractivity contribution is 0.480. The van der Waals surface area contributed by atoms with Crippen molar-refractivity contribution < 1.29 is 8.78 Å². The van der Waals surface area contributed by atoms with Gasteiger partial charge in [-0.25, -0.2) is 8.78 Å². The fourth-order valence-electron chi connectivity index (χ4n) is 2.47. The van der Waals surface area contributed by atoms with E-state index in [2.05, 4.69) is 32.3 Å². The van der Waals surface area contributed by atoms with Crippen LogP contribution in [0.2, 0.25) is 0 Å². The standard InChI is InChI=1S/C14H17F2N5/c1-9-8-21(5-4-17-9)14-18-13(19-20-14)6-10-2-3-11(15)7-12(10)16/h2-3,7,9,17H,4-6,8H2,1H3,(H,18,19,20). The van der Waals surface area contributed by atoms with Gasteiger partial charge in [0.25, 0.3) is 0 Å². The molecule has 7 heteroatoms. The maximum atomic E-state index is 13.6. The van der Waals surface area contributed by atoms with Crippen LogP contribution in [-0.4, -0.2) is 40.9 Å². The maximum Gasteiger partial charge on any atom is 0.244 e. The summed E-state index contributed by atoms with van der Waals surface area (Å²) in [6, 6.07) is 3.94. The number of rotatable bonds is 3. The molecule has 1 aliphatic heterocycles. The van der Waals surface area contributed by atoms with Gasteiger partial charge < -0.3 is 10.2 Å². The van der Waals surface area contributed by atoms with Gasteiger partial charge >= 0.3 is 0 Å². The molecule has 1 unspecified atom stereocenters. The van der Waals surface area contributed by atoms with Crippen molar-refractivity contribution >= 4 is 5.95 Å². The normalized spacial score (nSPS) is 19.0. The minimum absolute atomic E-state index is 0.265. The Labute approximate surface area is 121 Å². The van der Waals surface area contributed by atoms with E-state index in [1.54, 1.807) is 0 Å². The molecule has 1 aromatic carbocycles. The highest BCUT2D eigenvalue weighted by Gasteiger charge is 2.19. The minimum Gasteiger partial charge on any atom is -0.337 e. The molecule has 0 amide bonds. The van der Waals surface area contributed by atoms with Crippen LogP contribution >= 0.6 is 0 Å². The lowest BCUT2D eigenvalue weighted by Gasteiger charge is -2.30. The number of halogens is 2. The molecule has 0 saturated carbocycles. The van der Waals surface area contributed by atoms with Crippen LogP contribution in [0, 0.1) is 11.6 Å². The topological polar surface area (TPSA) is 56.8 Å². The first-order valence-corrected chi connectivity index (χ1v) is 6.95. The Morgan fingerprint density at radius 3 is 3.00 bits per heavy atom. The van der Waals surface area contributed by atoms with Crippen molar-refractivity contribution in [3.05, 3.63) is 41.2 Å². The van der Waals surface area contributed by atoms with E-state index in [0.29, 0.717) is 23.4 Å². The summed E-state index contributed by atoms with van der Waals surface area (Å²) in [7, 11) is 0. The van der Waals surface area contributed by atoms with Crippen molar-refractivity contribution in [2.24, 2.45) is 0 Å². The second-order valence-electron chi connectivity index (χ2n) is 5.30. The zero-order valence-electron chi connectivity index (χ0n) is 11.7. The molecule has 0 aliphatic carbocycles. The lowest BCUT2D eigenvalue weighted by atomic mass is 10.1. The fourth-order valence-corrected chi connectivity index (χ4v) is 2.47. The van der Waals surface area contributed by atoms with Crippen molar-refractivity contribution in [2.45, 2.75) is 19.4 Å². The van der Waals surface area contributed by atoms with Gasteiger partial charge in [-0.15, -0.1) is 5.10 Å². The second kappa shape index (κ2) is 5.77. The molecule has 5 nitrogen and oxygen atoms in total. The van der Waals surface area contributed by atoms with E-state index in [-0.39, 0.29) is 6.42 Å². The van der Waals surface area contributed by atoms with Gasteiger partial charge in [-0.2, -0.15) is 4.98 Å². The number of H-pyrrole nitrogens is 1. The number of aromatic nitrogens is 3. The Kier molecular flexibility index (Phi) is 3.83. The highest BCUT2D eigenvalue weighted by atomic mass is 19.1. The van der Waals surface area contributed by atoms with E-state index in [1.165, 1.54) is 12.1 Å². The highest BCUT2D eigenvalue weighted by molar-refractivity contribution is 5.31. The summed E-state index contributed by atoms with van der Waals surface area (Å²) >= 11 is 0. The number of anilines is 1. The van der Waals surface area contributed by atoms with Crippen molar-refractivity contribution in [1.82, 2.24) is 20.5 Å². The average molecular weight is 293 g/mol. The summed E-state index contributed by atoms with van der Waals surface area (Å²) in [4.78, 5) is 6.48. The molecule has 0 spiro atoms. The molecule has 0 bridgehead atoms. The Bertz CT molecular complexity index is 628. The Morgan fingerprint density at radius 2 is 2.24 bits per heavy atom. The molecule has 3 rings (SSSR count). The van der Waals surface area contributed by atoms with Gasteiger partial charge in [-0.05, 0) is 18.6 Å². The molecule has 1 saturated heterocycles. The molecule has 0 radical (unpaired) electrons. The quantitative estimate of drug-likeness (QED) is 0.900. The number of nitrogens with zero attached hydrogens (tertiary/aromatic N) is 3. The monoisotopic (exact) mass is 293 g/mol. The van der Waals surface area contributed by atoms with Gasteiger partial charge in [0.05, 0.1) is 0 Å². The van der Waals surface area contributed by atoms with E-state index >= 15 is 0 Å². The summed E-state index contributed by atoms with van der Waals surface area (Å²) in [6.07, 6.45) is 0.265. The third-order valence-electron chi connectivity index (χ3n) is 3.54. The largest absolute Gasteiger partial charge is 0.337 e. The van der Waals surface area contributed by atoms with Gasteiger partial charge in [0.15, 0.2) is 0 Å². The van der Waals surface area contributed by atoms with Crippen LogP contribution in [0.3, 0.4) is 0 Å². The molecular weight excluding hydrogens is 276 g/mol. The summed E-state index contributed by atoms with van der Waals surface area (Å²) in [5.74, 6) is 0.0515. The predicted molar refractivity (Wildman–Crippen MR) is 75.2 cm³/mol. The molecule has 2 heterocycles. The maximum absolute atomic E-state index is 13.6. The molecule has 112 valence electrons. The van der Waals surface area contributed by atoms with Crippen molar-refractivity contribution in [3.8, 4) is 0 Å². The van der Waals surface area contributed by atoms with E-state index in [4.69, 9.17) is 0 Å². The van der Waals surface area contributed by atoms with Gasteiger partial charge in [0.1, 0.15) is 17.5 Å². The number of aromatic amines is 1. The van der Waals surface area contributed by atoms with Crippen molar-refractivity contribution in [2.75, 3.05) is 24.5 Å². The van der Waals surface area contributed by atoms with Crippen LogP contribution in [0.15, 0.2) is 18.2 Å². The Morgan fingerprint density at radius 1 is 1.38 bits per heavy atom. The van der Waals surface area contributed by atoms with Gasteiger partial charge in [-0.3, -0.25) is 5.10 Å². The van der Waals surface area contributed by atoms with E-state index in [0.717, 1.165) is 25.7 Å². The second-order valence-corrected chi connectivity index (χ2v) is 5.30. The van der Waals surface area contributed by atoms with Gasteiger partial charge in [0, 0.05) is 38.2 Å². The average Bonchev–Trinajstić information content (AvgIpc) is 2.91. The van der Waals surface area contributed by atoms with E-state index < -0.39 is 11.6 Å². The Balaban J connectivity index is 1.72. The SMILES string of the molecule is CC1CN(c2n[nH]c(Cc3ccc(F)cc3F)n2)CCN1. The number of piperazine rings is 1. The molecule has 1 aromatic heterocycles. The van der Waals surface area contributed by atoms with Crippen LogP contribution in [-0.2, 0) is 6.42 Å². The summed E-state index contributed by atoms with van der Waals surface area (Å²) in [5.41, 5.74) is 0.396. The zero-order chi connectivity index (χ0) is 14.8. The molecule has 1 fully saturated rings. The van der Waals surface area contributed by atoms with Gasteiger partial charge in [0.2, 0.25) is 5.95 Å². The summed E-state index contributed by atoms with van der Waals surface area (Å²) in [5, 5.41) is 10.4. The first-order chi connectivity index (χ1) is 10.1. The predicted octanol–water partition coefficient (Wildman–Crippen LogP) is 1.47. The molecule has 1 atom stereocenters. The van der Waals surface area contributed by atoms with Crippen molar-refractivity contribution in [1.29, 1.82) is 0 Å². The molecule has 2 aromatic rings. The van der Waals surface area contributed by atoms with E-state index in [1.807, 2.05) is 0 Å². The lowest BCUT2D eigenvalue weighted by Crippen LogP contribution is -2.49. The number of hydrogen-bond acceptors (Lipinski definition) is 4. The summed E-state index contributed by atoms with van der Waals surface area (Å²) < 4.78 is 26.5. The minimum atomic E-state index is -0.579. The fraction of sp³-hybridized carbons (Fsp3) is 0.429. The van der Waals surface area contributed by atoms with Crippen LogP contribution in [0.1, 0.15) is 18.3 Å². The number of benzene rings is 1. The van der Waals surface area contributed by atoms with Crippen LogP contribution < -0.4 is 10.2 Å². The first-order valence-electron chi connectivity index (χ1n) is 6.95. The number of hydrogen-bond donors (Lipinski definition) is 2. The molecule has 21 heavy (non-hydrogen) atoms. The first kappa shape index (κ1) is 13.9. The third-order valence-corrected chi connectivity index (χ3v) is 3.54. The third kappa shape index (κ3) is 3.18. The van der Waals surface area contributed by atoms with E-state index in [9.17, 15) is 8.78 Å². The highest BCUT2D eigenvalue weighted by Crippen LogP contribution is 2.15. The molecular formula is C14H17F2N5. The number of nitrogens with one attached hydrogen (secondary N) is 2. The van der Waals surface area contributed by atoms with Gasteiger partial charge in [-0.1, -0.05) is 6.07 Å². The smallest absolute Gasteiger partial charge is 0.244 e. The van der Waals surface area contributed by atoms with Crippen LogP contribution in [0.5, 0.6) is 0 Å². The summed E-state index contributed by atoms with van der Waals surface area (Å²) in [6.45, 7) is 4.67. The Hall–Kier alpha value is -2.02. The molecule has 1 aliphatic rings. The van der Waals surface area contributed by atoms with Crippen LogP contribution in [0.4, 0.5) is 14.7 Å². The van der Waals surface area contributed by atoms with Crippen LogP contribution in [0.25, 0.3) is 0 Å². The zero-order valence-corrected chi connectivity index (χ0v) is 11.7. The molecule has 2 N–H and O–H groups in total. The van der Waals surface area contributed by atoms with Crippen molar-refractivity contribution in [3.63, 3.8) is 0 Å².